The molecular formula is C30H28ClF2N5O3. The van der Waals surface area contributed by atoms with Crippen molar-refractivity contribution in [3.63, 3.8) is 0 Å². The second-order valence-corrected chi connectivity index (χ2v) is 11.2. The number of nitrogens with one attached hydrogen (secondary N) is 1. The van der Waals surface area contributed by atoms with Crippen LogP contribution in [0, 0.1) is 5.92 Å². The molecule has 2 aromatic carbocycles. The molecule has 0 spiro atoms. The van der Waals surface area contributed by atoms with E-state index >= 15 is 0 Å². The predicted molar refractivity (Wildman–Crippen MR) is 150 cm³/mol. The summed E-state index contributed by atoms with van der Waals surface area (Å²) in [5.41, 5.74) is -0.0375. The molecule has 2 N–H and O–H groups in total. The molecule has 0 bridgehead atoms. The van der Waals surface area contributed by atoms with E-state index in [0.717, 1.165) is 17.1 Å². The lowest BCUT2D eigenvalue weighted by atomic mass is 9.85. The van der Waals surface area contributed by atoms with Crippen LogP contribution in [0.1, 0.15) is 59.3 Å². The van der Waals surface area contributed by atoms with E-state index in [4.69, 9.17) is 11.6 Å². The SMILES string of the molecule is Cn1ncc2cc(C3(O)C(=O)N(C[C@H]4CC[C@H](NC(=O)c5cc(Cl)cnc5C(F)F)CC4)c4ccccc43)ccc21. The topological polar surface area (TPSA) is 100 Å². The van der Waals surface area contributed by atoms with E-state index in [0.29, 0.717) is 49.0 Å². The Morgan fingerprint density at radius 1 is 1.15 bits per heavy atom. The minimum Gasteiger partial charge on any atom is -0.372 e. The normalized spacial score (nSPS) is 22.4. The largest absolute Gasteiger partial charge is 0.372 e. The van der Waals surface area contributed by atoms with Gasteiger partial charge in [0.05, 0.1) is 28.0 Å². The third kappa shape index (κ3) is 4.74. The number of aryl methyl sites for hydroxylation is 1. The summed E-state index contributed by atoms with van der Waals surface area (Å²) in [6.07, 6.45) is 2.59. The smallest absolute Gasteiger partial charge is 0.281 e. The van der Waals surface area contributed by atoms with Crippen molar-refractivity contribution in [2.45, 2.75) is 43.8 Å². The first-order chi connectivity index (χ1) is 19.7. The van der Waals surface area contributed by atoms with Crippen LogP contribution in [0.5, 0.6) is 0 Å². The van der Waals surface area contributed by atoms with E-state index in [1.54, 1.807) is 27.9 Å². The number of fused-ring (bicyclic) bond motifs is 2. The Bertz CT molecular complexity index is 1650. The number of carbonyl (C=O) groups is 2. The molecule has 0 saturated heterocycles. The summed E-state index contributed by atoms with van der Waals surface area (Å²) in [5, 5.41) is 20.0. The number of carbonyl (C=O) groups excluding carboxylic acids is 2. The van der Waals surface area contributed by atoms with Gasteiger partial charge in [0.25, 0.3) is 18.2 Å². The summed E-state index contributed by atoms with van der Waals surface area (Å²) in [6, 6.07) is 13.7. The van der Waals surface area contributed by atoms with E-state index in [1.165, 1.54) is 6.07 Å². The molecule has 11 heteroatoms. The van der Waals surface area contributed by atoms with Crippen molar-refractivity contribution in [1.29, 1.82) is 0 Å². The second-order valence-electron chi connectivity index (χ2n) is 10.8. The molecule has 1 atom stereocenters. The Morgan fingerprint density at radius 3 is 2.66 bits per heavy atom. The number of hydrogen-bond acceptors (Lipinski definition) is 5. The number of amides is 2. The lowest BCUT2D eigenvalue weighted by molar-refractivity contribution is -0.132. The lowest BCUT2D eigenvalue weighted by Crippen LogP contribution is -2.44. The number of alkyl halides is 2. The highest BCUT2D eigenvalue weighted by molar-refractivity contribution is 6.30. The van der Waals surface area contributed by atoms with Crippen molar-refractivity contribution in [2.24, 2.45) is 13.0 Å². The molecule has 8 nitrogen and oxygen atoms in total. The van der Waals surface area contributed by atoms with Crippen molar-refractivity contribution in [3.05, 3.63) is 88.3 Å². The van der Waals surface area contributed by atoms with Crippen molar-refractivity contribution in [1.82, 2.24) is 20.1 Å². The fourth-order valence-electron chi connectivity index (χ4n) is 6.10. The second kappa shape index (κ2) is 10.5. The van der Waals surface area contributed by atoms with Gasteiger partial charge in [-0.1, -0.05) is 35.9 Å². The first kappa shape index (κ1) is 27.3. The lowest BCUT2D eigenvalue weighted by Gasteiger charge is -2.32. The zero-order chi connectivity index (χ0) is 28.9. The van der Waals surface area contributed by atoms with Crippen molar-refractivity contribution in [2.75, 3.05) is 11.4 Å². The van der Waals surface area contributed by atoms with Crippen LogP contribution in [0.2, 0.25) is 5.02 Å². The number of aromatic nitrogens is 3. The van der Waals surface area contributed by atoms with Crippen LogP contribution in [0.25, 0.3) is 10.9 Å². The van der Waals surface area contributed by atoms with Crippen LogP contribution < -0.4 is 10.2 Å². The Labute approximate surface area is 239 Å². The van der Waals surface area contributed by atoms with Gasteiger partial charge in [0.1, 0.15) is 5.69 Å². The number of nitrogens with zero attached hydrogens (tertiary/aromatic N) is 4. The maximum atomic E-state index is 13.9. The molecule has 2 aliphatic rings. The quantitative estimate of drug-likeness (QED) is 0.330. The molecule has 4 aromatic rings. The molecule has 41 heavy (non-hydrogen) atoms. The van der Waals surface area contributed by atoms with Gasteiger partial charge < -0.3 is 15.3 Å². The number of anilines is 1. The molecular weight excluding hydrogens is 552 g/mol. The number of pyridine rings is 1. The Balaban J connectivity index is 1.16. The van der Waals surface area contributed by atoms with Crippen molar-refractivity contribution < 1.29 is 23.5 Å². The third-order valence-corrected chi connectivity index (χ3v) is 8.47. The van der Waals surface area contributed by atoms with Crippen LogP contribution in [-0.2, 0) is 17.4 Å². The number of halogens is 3. The Hall–Kier alpha value is -3.89. The van der Waals surface area contributed by atoms with Crippen LogP contribution in [0.15, 0.2) is 60.9 Å². The van der Waals surface area contributed by atoms with E-state index in [-0.39, 0.29) is 22.5 Å². The van der Waals surface area contributed by atoms with Gasteiger partial charge in [-0.15, -0.1) is 0 Å². The van der Waals surface area contributed by atoms with Crippen molar-refractivity contribution in [3.8, 4) is 0 Å². The van der Waals surface area contributed by atoms with Crippen molar-refractivity contribution >= 4 is 40.0 Å². The van der Waals surface area contributed by atoms with Gasteiger partial charge in [0.2, 0.25) is 0 Å². The van der Waals surface area contributed by atoms with Gasteiger partial charge >= 0.3 is 0 Å². The fraction of sp³-hybridized carbons (Fsp3) is 0.333. The fourth-order valence-corrected chi connectivity index (χ4v) is 6.26. The number of rotatable bonds is 6. The minimum atomic E-state index is -2.89. The molecule has 1 saturated carbocycles. The zero-order valence-corrected chi connectivity index (χ0v) is 23.0. The van der Waals surface area contributed by atoms with Gasteiger partial charge in [-0.3, -0.25) is 19.3 Å². The number of benzene rings is 2. The van der Waals surface area contributed by atoms with E-state index in [1.807, 2.05) is 37.4 Å². The maximum absolute atomic E-state index is 13.9. The monoisotopic (exact) mass is 579 g/mol. The highest BCUT2D eigenvalue weighted by atomic mass is 35.5. The molecule has 1 fully saturated rings. The van der Waals surface area contributed by atoms with E-state index in [9.17, 15) is 23.5 Å². The van der Waals surface area contributed by atoms with Gasteiger partial charge in [-0.2, -0.15) is 5.10 Å². The molecule has 212 valence electrons. The highest BCUT2D eigenvalue weighted by Crippen LogP contribution is 2.45. The van der Waals surface area contributed by atoms with Crippen LogP contribution >= 0.6 is 11.6 Å². The summed E-state index contributed by atoms with van der Waals surface area (Å²) in [7, 11) is 1.84. The summed E-state index contributed by atoms with van der Waals surface area (Å²) >= 11 is 5.90. The minimum absolute atomic E-state index is 0.110. The number of para-hydroxylation sites is 1. The number of aliphatic hydroxyl groups is 1. The van der Waals surface area contributed by atoms with Crippen LogP contribution in [-0.4, -0.2) is 44.3 Å². The highest BCUT2D eigenvalue weighted by Gasteiger charge is 2.51. The molecule has 2 aromatic heterocycles. The molecule has 1 unspecified atom stereocenters. The predicted octanol–water partition coefficient (Wildman–Crippen LogP) is 5.13. The molecule has 3 heterocycles. The van der Waals surface area contributed by atoms with Gasteiger partial charge in [-0.25, -0.2) is 8.78 Å². The zero-order valence-electron chi connectivity index (χ0n) is 22.2. The standard InChI is InChI=1S/C30H28ClF2N5O3/c1-37-24-11-8-19(12-18(24)14-35-37)30(41)23-4-2-3-5-25(23)38(29(30)40)16-17-6-9-21(10-7-17)36-28(39)22-13-20(31)15-34-26(22)27(32)33/h2-5,8,11-15,17,21,27,41H,6-7,9-10,16H2,1H3,(H,36,39)/t17-,21-,30?. The molecule has 2 amide bonds. The van der Waals surface area contributed by atoms with E-state index in [2.05, 4.69) is 15.4 Å². The molecule has 1 aliphatic carbocycles. The van der Waals surface area contributed by atoms with E-state index < -0.39 is 29.5 Å². The Morgan fingerprint density at radius 2 is 1.90 bits per heavy atom. The first-order valence-corrected chi connectivity index (χ1v) is 13.8. The third-order valence-electron chi connectivity index (χ3n) is 8.26. The van der Waals surface area contributed by atoms with Crippen LogP contribution in [0.3, 0.4) is 0 Å². The summed E-state index contributed by atoms with van der Waals surface area (Å²) in [6.45, 7) is 0.418. The Kier molecular flexibility index (Phi) is 6.99. The average molecular weight is 580 g/mol. The van der Waals surface area contributed by atoms with Crippen LogP contribution in [0.4, 0.5) is 14.5 Å². The summed E-state index contributed by atoms with van der Waals surface area (Å²) in [4.78, 5) is 32.0. The summed E-state index contributed by atoms with van der Waals surface area (Å²) in [5.74, 6) is -0.892. The van der Waals surface area contributed by atoms with Gasteiger partial charge in [0.15, 0.2) is 5.60 Å². The van der Waals surface area contributed by atoms with Gasteiger partial charge in [0, 0.05) is 36.8 Å². The molecule has 1 aliphatic heterocycles. The summed E-state index contributed by atoms with van der Waals surface area (Å²) < 4.78 is 28.5. The average Bonchev–Trinajstić information content (AvgIpc) is 3.44. The molecule has 0 radical (unpaired) electrons. The maximum Gasteiger partial charge on any atom is 0.281 e. The molecule has 6 rings (SSSR count). The number of hydrogen-bond donors (Lipinski definition) is 2. The van der Waals surface area contributed by atoms with Gasteiger partial charge in [-0.05, 0) is 61.4 Å². The first-order valence-electron chi connectivity index (χ1n) is 13.5.